The van der Waals surface area contributed by atoms with Crippen molar-refractivity contribution in [2.45, 2.75) is 39.2 Å². The third-order valence-corrected chi connectivity index (χ3v) is 6.73. The molecular formula is C22H28N4O4S. The van der Waals surface area contributed by atoms with Gasteiger partial charge < -0.3 is 14.6 Å². The molecule has 0 bridgehead atoms. The van der Waals surface area contributed by atoms with Crippen LogP contribution in [-0.4, -0.2) is 57.4 Å². The molecule has 1 aromatic carbocycles. The lowest BCUT2D eigenvalue weighted by Crippen LogP contribution is -2.41. The summed E-state index contributed by atoms with van der Waals surface area (Å²) in [6.07, 6.45) is 2.39. The molecule has 2 atom stereocenters. The normalized spacial score (nSPS) is 18.2. The summed E-state index contributed by atoms with van der Waals surface area (Å²) in [4.78, 5) is 20.6. The van der Waals surface area contributed by atoms with Crippen LogP contribution in [0.5, 0.6) is 11.6 Å². The highest BCUT2D eigenvalue weighted by Gasteiger charge is 2.35. The minimum absolute atomic E-state index is 0.0956. The molecule has 166 valence electrons. The Morgan fingerprint density at radius 1 is 1.39 bits per heavy atom. The average molecular weight is 445 g/mol. The van der Waals surface area contributed by atoms with Crippen molar-refractivity contribution in [2.24, 2.45) is 5.92 Å². The van der Waals surface area contributed by atoms with Gasteiger partial charge in [0, 0.05) is 13.0 Å². The number of fused-ring (bicyclic) bond motifs is 1. The van der Waals surface area contributed by atoms with Crippen molar-refractivity contribution in [1.29, 1.82) is 0 Å². The highest BCUT2D eigenvalue weighted by molar-refractivity contribution is 7.17. The number of aryl methyl sites for hydroxylation is 1. The van der Waals surface area contributed by atoms with Gasteiger partial charge in [-0.15, -0.1) is 5.10 Å². The molecule has 1 saturated heterocycles. The summed E-state index contributed by atoms with van der Waals surface area (Å²) < 4.78 is 12.2. The fraction of sp³-hybridized carbons (Fsp3) is 0.500. The van der Waals surface area contributed by atoms with Crippen LogP contribution in [-0.2, 0) is 16.0 Å². The number of likely N-dealkylation sites (tertiary alicyclic amines) is 1. The molecule has 0 aliphatic carbocycles. The maximum Gasteiger partial charge on any atom is 0.310 e. The molecule has 1 aliphatic heterocycles. The number of carbonyl (C=O) groups excluding carboxylic acids is 1. The van der Waals surface area contributed by atoms with E-state index in [1.165, 1.54) is 15.9 Å². The van der Waals surface area contributed by atoms with Crippen molar-refractivity contribution in [3.8, 4) is 11.6 Å². The number of methoxy groups -OCH3 is 1. The van der Waals surface area contributed by atoms with Crippen LogP contribution in [0.2, 0.25) is 0 Å². The van der Waals surface area contributed by atoms with Gasteiger partial charge in [0.2, 0.25) is 10.8 Å². The van der Waals surface area contributed by atoms with E-state index in [0.29, 0.717) is 30.4 Å². The molecule has 0 spiro atoms. The molecular weight excluding hydrogens is 416 g/mol. The van der Waals surface area contributed by atoms with Gasteiger partial charge in [0.25, 0.3) is 0 Å². The summed E-state index contributed by atoms with van der Waals surface area (Å²) in [7, 11) is 1.64. The molecule has 0 radical (unpaired) electrons. The number of rotatable bonds is 7. The van der Waals surface area contributed by atoms with Gasteiger partial charge in [0.05, 0.1) is 30.6 Å². The predicted octanol–water partition coefficient (Wildman–Crippen LogP) is 3.43. The first kappa shape index (κ1) is 21.6. The fourth-order valence-corrected chi connectivity index (χ4v) is 5.29. The number of piperidine rings is 1. The lowest BCUT2D eigenvalue weighted by Gasteiger charge is -2.37. The first-order valence-electron chi connectivity index (χ1n) is 10.7. The molecule has 0 amide bonds. The van der Waals surface area contributed by atoms with Crippen molar-refractivity contribution in [1.82, 2.24) is 19.5 Å². The molecule has 8 nitrogen and oxygen atoms in total. The molecule has 9 heteroatoms. The molecule has 2 aromatic heterocycles. The topological polar surface area (TPSA) is 89.2 Å². The smallest absolute Gasteiger partial charge is 0.310 e. The SMILES string of the molecule is CCOC(=O)[C@H]1CCCN([C@H](c2cccc(OC)c2)c2sc3nc(CC)nn3c2O)C1. The van der Waals surface area contributed by atoms with Crippen LogP contribution in [0.4, 0.5) is 0 Å². The van der Waals surface area contributed by atoms with Gasteiger partial charge in [-0.1, -0.05) is 30.4 Å². The monoisotopic (exact) mass is 444 g/mol. The van der Waals surface area contributed by atoms with E-state index in [9.17, 15) is 9.90 Å². The second-order valence-corrected chi connectivity index (χ2v) is 8.64. The number of aromatic nitrogens is 3. The summed E-state index contributed by atoms with van der Waals surface area (Å²) >= 11 is 1.43. The number of hydrogen-bond acceptors (Lipinski definition) is 8. The Morgan fingerprint density at radius 3 is 2.94 bits per heavy atom. The van der Waals surface area contributed by atoms with Crippen LogP contribution in [0.15, 0.2) is 24.3 Å². The van der Waals surface area contributed by atoms with Crippen LogP contribution in [0, 0.1) is 5.92 Å². The van der Waals surface area contributed by atoms with Crippen molar-refractivity contribution in [3.05, 3.63) is 40.5 Å². The molecule has 1 fully saturated rings. The van der Waals surface area contributed by atoms with Crippen LogP contribution in [0.3, 0.4) is 0 Å². The average Bonchev–Trinajstić information content (AvgIpc) is 3.33. The highest BCUT2D eigenvalue weighted by Crippen LogP contribution is 2.42. The molecule has 4 rings (SSSR count). The quantitative estimate of drug-likeness (QED) is 0.559. The minimum Gasteiger partial charge on any atom is -0.497 e. The second kappa shape index (κ2) is 9.23. The standard InChI is InChI=1S/C22H28N4O4S/c1-4-17-23-22-26(24-17)20(27)19(31-22)18(14-8-6-10-16(12-14)29-3)25-11-7-9-15(13-25)21(28)30-5-2/h6,8,10,12,15,18,27H,4-5,7,9,11,13H2,1-3H3/t15-,18+/m0/s1. The summed E-state index contributed by atoms with van der Waals surface area (Å²) in [5.74, 6) is 1.20. The maximum atomic E-state index is 12.4. The van der Waals surface area contributed by atoms with Gasteiger partial charge >= 0.3 is 5.97 Å². The Kier molecular flexibility index (Phi) is 6.43. The zero-order valence-electron chi connectivity index (χ0n) is 18.1. The van der Waals surface area contributed by atoms with E-state index >= 15 is 0 Å². The summed E-state index contributed by atoms with van der Waals surface area (Å²) in [6, 6.07) is 7.59. The van der Waals surface area contributed by atoms with E-state index in [4.69, 9.17) is 9.47 Å². The van der Waals surface area contributed by atoms with Crippen molar-refractivity contribution in [2.75, 3.05) is 26.8 Å². The molecule has 0 saturated carbocycles. The lowest BCUT2D eigenvalue weighted by atomic mass is 9.94. The first-order chi connectivity index (χ1) is 15.0. The molecule has 31 heavy (non-hydrogen) atoms. The van der Waals surface area contributed by atoms with Crippen molar-refractivity contribution >= 4 is 22.3 Å². The number of carbonyl (C=O) groups is 1. The fourth-order valence-electron chi connectivity index (χ4n) is 4.15. The Bertz CT molecular complexity index is 1060. The summed E-state index contributed by atoms with van der Waals surface area (Å²) in [5, 5.41) is 15.5. The van der Waals surface area contributed by atoms with Gasteiger partial charge in [0.15, 0.2) is 5.82 Å². The van der Waals surface area contributed by atoms with Crippen LogP contribution >= 0.6 is 11.3 Å². The zero-order chi connectivity index (χ0) is 22.0. The number of thiazole rings is 1. The van der Waals surface area contributed by atoms with Gasteiger partial charge in [-0.25, -0.2) is 4.98 Å². The molecule has 1 N–H and O–H groups in total. The van der Waals surface area contributed by atoms with E-state index < -0.39 is 0 Å². The number of esters is 1. The van der Waals surface area contributed by atoms with E-state index in [2.05, 4.69) is 15.0 Å². The Morgan fingerprint density at radius 2 is 2.23 bits per heavy atom. The Balaban J connectivity index is 1.76. The van der Waals surface area contributed by atoms with E-state index in [1.54, 1.807) is 7.11 Å². The number of benzene rings is 1. The maximum absolute atomic E-state index is 12.4. The molecule has 0 unspecified atom stereocenters. The van der Waals surface area contributed by atoms with Crippen LogP contribution < -0.4 is 4.74 Å². The van der Waals surface area contributed by atoms with Crippen molar-refractivity contribution < 1.29 is 19.4 Å². The van der Waals surface area contributed by atoms with Gasteiger partial charge in [0.1, 0.15) is 5.75 Å². The number of nitrogens with zero attached hydrogens (tertiary/aromatic N) is 4. The number of aromatic hydroxyl groups is 1. The molecule has 3 aromatic rings. The van der Waals surface area contributed by atoms with E-state index in [-0.39, 0.29) is 23.8 Å². The number of ether oxygens (including phenoxy) is 2. The zero-order valence-corrected chi connectivity index (χ0v) is 18.9. The summed E-state index contributed by atoms with van der Waals surface area (Å²) in [5.41, 5.74) is 0.986. The predicted molar refractivity (Wildman–Crippen MR) is 118 cm³/mol. The first-order valence-corrected chi connectivity index (χ1v) is 11.5. The van der Waals surface area contributed by atoms with Crippen LogP contribution in [0.25, 0.3) is 4.96 Å². The van der Waals surface area contributed by atoms with Crippen molar-refractivity contribution in [3.63, 3.8) is 0 Å². The minimum atomic E-state index is -0.245. The summed E-state index contributed by atoms with van der Waals surface area (Å²) in [6.45, 7) is 5.57. The van der Waals surface area contributed by atoms with Crippen LogP contribution in [0.1, 0.15) is 49.0 Å². The second-order valence-electron chi connectivity index (χ2n) is 7.63. The number of hydrogen-bond donors (Lipinski definition) is 1. The lowest BCUT2D eigenvalue weighted by molar-refractivity contribution is -0.150. The Hall–Kier alpha value is -2.65. The third-order valence-electron chi connectivity index (χ3n) is 5.66. The van der Waals surface area contributed by atoms with Gasteiger partial charge in [-0.3, -0.25) is 9.69 Å². The van der Waals surface area contributed by atoms with Gasteiger partial charge in [-0.2, -0.15) is 4.52 Å². The largest absolute Gasteiger partial charge is 0.497 e. The molecule has 3 heterocycles. The van der Waals surface area contributed by atoms with E-state index in [0.717, 1.165) is 35.6 Å². The van der Waals surface area contributed by atoms with E-state index in [1.807, 2.05) is 38.1 Å². The van der Waals surface area contributed by atoms with Gasteiger partial charge in [-0.05, 0) is 44.0 Å². The third kappa shape index (κ3) is 4.24. The molecule has 1 aliphatic rings. The Labute approximate surface area is 185 Å². The highest BCUT2D eigenvalue weighted by atomic mass is 32.1.